The van der Waals surface area contributed by atoms with Crippen LogP contribution in [0.1, 0.15) is 43.3 Å². The molecule has 0 aromatic carbocycles. The van der Waals surface area contributed by atoms with Gasteiger partial charge in [-0.15, -0.1) is 0 Å². The predicted octanol–water partition coefficient (Wildman–Crippen LogP) is 2.15. The molecule has 2 aromatic heterocycles. The first-order chi connectivity index (χ1) is 11.1. The molecule has 0 unspecified atom stereocenters. The van der Waals surface area contributed by atoms with E-state index < -0.39 is 0 Å². The number of hydrogen-bond donors (Lipinski definition) is 1. The van der Waals surface area contributed by atoms with Crippen LogP contribution in [-0.4, -0.2) is 38.8 Å². The van der Waals surface area contributed by atoms with Gasteiger partial charge in [0.2, 0.25) is 5.91 Å². The van der Waals surface area contributed by atoms with E-state index in [4.69, 9.17) is 4.52 Å². The number of likely N-dealkylation sites (tertiary alicyclic amines) is 1. The van der Waals surface area contributed by atoms with Crippen LogP contribution in [0.5, 0.6) is 0 Å². The molecule has 7 nitrogen and oxygen atoms in total. The number of carbonyl (C=O) groups is 1. The Morgan fingerprint density at radius 1 is 1.52 bits per heavy atom. The lowest BCUT2D eigenvalue weighted by molar-refractivity contribution is -0.114. The molecule has 23 heavy (non-hydrogen) atoms. The van der Waals surface area contributed by atoms with Gasteiger partial charge in [-0.05, 0) is 19.8 Å². The average Bonchev–Trinajstić information content (AvgIpc) is 3.21. The molecule has 0 bridgehead atoms. The summed E-state index contributed by atoms with van der Waals surface area (Å²) in [4.78, 5) is 13.5. The zero-order chi connectivity index (χ0) is 16.4. The largest absolute Gasteiger partial charge is 0.361 e. The fourth-order valence-corrected chi connectivity index (χ4v) is 3.10. The van der Waals surface area contributed by atoms with E-state index in [-0.39, 0.29) is 5.91 Å². The molecule has 1 N–H and O–H groups in total. The Morgan fingerprint density at radius 3 is 3.09 bits per heavy atom. The molecule has 1 aliphatic rings. The molecular weight excluding hydrogens is 294 g/mol. The summed E-state index contributed by atoms with van der Waals surface area (Å²) in [5.41, 5.74) is 2.27. The van der Waals surface area contributed by atoms with Gasteiger partial charge in [0.1, 0.15) is 5.76 Å². The van der Waals surface area contributed by atoms with Crippen molar-refractivity contribution >= 4 is 11.7 Å². The lowest BCUT2D eigenvalue weighted by atomic mass is 10.1. The minimum atomic E-state index is -0.0988. The van der Waals surface area contributed by atoms with Crippen LogP contribution in [-0.2, 0) is 17.8 Å². The Balaban J connectivity index is 1.63. The van der Waals surface area contributed by atoms with Crippen molar-refractivity contribution in [2.45, 2.75) is 46.2 Å². The summed E-state index contributed by atoms with van der Waals surface area (Å²) in [7, 11) is 0. The molecule has 0 spiro atoms. The maximum Gasteiger partial charge on any atom is 0.222 e. The molecule has 0 saturated carbocycles. The molecule has 124 valence electrons. The highest BCUT2D eigenvalue weighted by atomic mass is 16.5. The topological polar surface area (TPSA) is 76.2 Å². The Kier molecular flexibility index (Phi) is 4.47. The number of aromatic nitrogens is 3. The molecule has 1 saturated heterocycles. The van der Waals surface area contributed by atoms with Gasteiger partial charge in [-0.25, -0.2) is 0 Å². The van der Waals surface area contributed by atoms with Crippen molar-refractivity contribution in [3.05, 3.63) is 29.3 Å². The third-order valence-corrected chi connectivity index (χ3v) is 4.32. The van der Waals surface area contributed by atoms with Crippen LogP contribution >= 0.6 is 0 Å². The normalized spacial score (nSPS) is 18.5. The van der Waals surface area contributed by atoms with Crippen molar-refractivity contribution in [1.82, 2.24) is 19.8 Å². The first kappa shape index (κ1) is 15.7. The molecule has 1 aliphatic heterocycles. The summed E-state index contributed by atoms with van der Waals surface area (Å²) < 4.78 is 7.27. The van der Waals surface area contributed by atoms with Crippen LogP contribution < -0.4 is 5.32 Å². The van der Waals surface area contributed by atoms with Crippen LogP contribution in [0.4, 0.5) is 5.82 Å². The van der Waals surface area contributed by atoms with Crippen LogP contribution in [0, 0.1) is 6.92 Å². The summed E-state index contributed by atoms with van der Waals surface area (Å²) >= 11 is 0. The summed E-state index contributed by atoms with van der Waals surface area (Å²) in [6, 6.07) is 2.17. The number of anilines is 1. The number of nitrogens with one attached hydrogen (secondary N) is 1. The van der Waals surface area contributed by atoms with Crippen molar-refractivity contribution in [3.63, 3.8) is 0 Å². The van der Waals surface area contributed by atoms with Gasteiger partial charge < -0.3 is 9.84 Å². The van der Waals surface area contributed by atoms with E-state index in [9.17, 15) is 4.79 Å². The quantitative estimate of drug-likeness (QED) is 0.914. The number of hydrogen-bond acceptors (Lipinski definition) is 5. The standard InChI is InChI=1S/C16H23N5O2/c1-4-15-14(11(2)23-19-15)10-20-7-5-13(9-20)21-8-6-16(18-21)17-12(3)22/h6,8,13H,4-5,7,9-10H2,1-3H3,(H,17,18,22)/t13-/m1/s1. The number of amides is 1. The van der Waals surface area contributed by atoms with Gasteiger partial charge in [0.15, 0.2) is 5.82 Å². The van der Waals surface area contributed by atoms with E-state index >= 15 is 0 Å². The lowest BCUT2D eigenvalue weighted by Crippen LogP contribution is -2.22. The Morgan fingerprint density at radius 2 is 2.35 bits per heavy atom. The van der Waals surface area contributed by atoms with Gasteiger partial charge in [0, 0.05) is 44.4 Å². The molecule has 1 amide bonds. The first-order valence-electron chi connectivity index (χ1n) is 8.06. The summed E-state index contributed by atoms with van der Waals surface area (Å²) in [5.74, 6) is 1.43. The van der Waals surface area contributed by atoms with Gasteiger partial charge in [0.05, 0.1) is 11.7 Å². The van der Waals surface area contributed by atoms with Gasteiger partial charge in [0.25, 0.3) is 0 Å². The molecule has 2 aromatic rings. The third kappa shape index (κ3) is 3.44. The zero-order valence-corrected chi connectivity index (χ0v) is 13.9. The Labute approximate surface area is 135 Å². The Hall–Kier alpha value is -2.15. The molecular formula is C16H23N5O2. The number of carbonyl (C=O) groups excluding carboxylic acids is 1. The summed E-state index contributed by atoms with van der Waals surface area (Å²) in [6.07, 6.45) is 3.87. The second kappa shape index (κ2) is 6.54. The van der Waals surface area contributed by atoms with Gasteiger partial charge in [-0.3, -0.25) is 14.4 Å². The number of nitrogens with zero attached hydrogens (tertiary/aromatic N) is 4. The van der Waals surface area contributed by atoms with Crippen molar-refractivity contribution in [2.24, 2.45) is 0 Å². The average molecular weight is 317 g/mol. The highest BCUT2D eigenvalue weighted by molar-refractivity contribution is 5.87. The number of rotatable bonds is 5. The van der Waals surface area contributed by atoms with Crippen LogP contribution in [0.15, 0.2) is 16.8 Å². The summed E-state index contributed by atoms with van der Waals surface area (Å²) in [5, 5.41) is 11.3. The van der Waals surface area contributed by atoms with Crippen molar-refractivity contribution in [1.29, 1.82) is 0 Å². The van der Waals surface area contributed by atoms with Crippen LogP contribution in [0.25, 0.3) is 0 Å². The van der Waals surface area contributed by atoms with E-state index in [1.165, 1.54) is 12.5 Å². The molecule has 1 atom stereocenters. The van der Waals surface area contributed by atoms with Crippen molar-refractivity contribution in [2.75, 3.05) is 18.4 Å². The molecule has 3 rings (SSSR count). The van der Waals surface area contributed by atoms with Crippen molar-refractivity contribution in [3.8, 4) is 0 Å². The highest BCUT2D eigenvalue weighted by Gasteiger charge is 2.26. The Bertz CT molecular complexity index is 690. The highest BCUT2D eigenvalue weighted by Crippen LogP contribution is 2.25. The maximum atomic E-state index is 11.1. The zero-order valence-electron chi connectivity index (χ0n) is 13.9. The lowest BCUT2D eigenvalue weighted by Gasteiger charge is -2.16. The van der Waals surface area contributed by atoms with E-state index in [1.807, 2.05) is 23.9 Å². The minimum Gasteiger partial charge on any atom is -0.361 e. The number of aryl methyl sites for hydroxylation is 2. The summed E-state index contributed by atoms with van der Waals surface area (Å²) in [6.45, 7) is 8.39. The molecule has 7 heteroatoms. The van der Waals surface area contributed by atoms with E-state index in [2.05, 4.69) is 27.4 Å². The molecule has 0 radical (unpaired) electrons. The monoisotopic (exact) mass is 317 g/mol. The SMILES string of the molecule is CCc1noc(C)c1CN1CC[C@@H](n2ccc(NC(C)=O)n2)C1. The van der Waals surface area contributed by atoms with E-state index in [0.717, 1.165) is 43.9 Å². The smallest absolute Gasteiger partial charge is 0.222 e. The predicted molar refractivity (Wildman–Crippen MR) is 86.1 cm³/mol. The second-order valence-electron chi connectivity index (χ2n) is 6.06. The van der Waals surface area contributed by atoms with Gasteiger partial charge >= 0.3 is 0 Å². The fraction of sp³-hybridized carbons (Fsp3) is 0.562. The van der Waals surface area contributed by atoms with Gasteiger partial charge in [-0.2, -0.15) is 5.10 Å². The molecule has 3 heterocycles. The van der Waals surface area contributed by atoms with E-state index in [1.54, 1.807) is 0 Å². The van der Waals surface area contributed by atoms with Crippen molar-refractivity contribution < 1.29 is 9.32 Å². The first-order valence-corrected chi connectivity index (χ1v) is 8.06. The van der Waals surface area contributed by atoms with Crippen LogP contribution in [0.2, 0.25) is 0 Å². The second-order valence-corrected chi connectivity index (χ2v) is 6.06. The minimum absolute atomic E-state index is 0.0988. The van der Waals surface area contributed by atoms with Gasteiger partial charge in [-0.1, -0.05) is 12.1 Å². The van der Waals surface area contributed by atoms with E-state index in [0.29, 0.717) is 11.9 Å². The molecule has 1 fully saturated rings. The van der Waals surface area contributed by atoms with Crippen LogP contribution in [0.3, 0.4) is 0 Å². The fourth-order valence-electron chi connectivity index (χ4n) is 3.10. The maximum absolute atomic E-state index is 11.1. The molecule has 0 aliphatic carbocycles. The third-order valence-electron chi connectivity index (χ3n) is 4.32.